The summed E-state index contributed by atoms with van der Waals surface area (Å²) in [5.41, 5.74) is 9.08. The van der Waals surface area contributed by atoms with Crippen LogP contribution < -0.4 is 0 Å². The molecule has 0 nitrogen and oxygen atoms in total. The number of hydrogen-bond acceptors (Lipinski definition) is 0. The SMILES string of the molecule is Cc1cc2c(-c3ccccc3)cccc2[cH-]1.Cl.Cl.[CH3-].[CH3-].[Ge]=[Zr].c1ccc(-c2cc3c(-c4ccccc4)cccc3[cH-]2)cc1. The van der Waals surface area contributed by atoms with Crippen molar-refractivity contribution in [2.24, 2.45) is 0 Å². The molecule has 218 valence electrons. The van der Waals surface area contributed by atoms with Gasteiger partial charge in [0.25, 0.3) is 0 Å². The molecule has 0 aliphatic carbocycles. The Morgan fingerprint density at radius 3 is 1.33 bits per heavy atom. The van der Waals surface area contributed by atoms with Gasteiger partial charge in [0.2, 0.25) is 0 Å². The maximum atomic E-state index is 2.30. The molecule has 0 bridgehead atoms. The summed E-state index contributed by atoms with van der Waals surface area (Å²) < 4.78 is 0. The number of benzene rings is 5. The third-order valence-corrected chi connectivity index (χ3v) is 6.92. The molecule has 0 amide bonds. The fourth-order valence-corrected chi connectivity index (χ4v) is 5.16. The molecular weight excluding hydrogens is 703 g/mol. The van der Waals surface area contributed by atoms with Crippen molar-refractivity contribution in [1.29, 1.82) is 0 Å². The van der Waals surface area contributed by atoms with E-state index in [0.717, 1.165) is 0 Å². The molecule has 2 radical (unpaired) electrons. The monoisotopic (exact) mass is 738 g/mol. The van der Waals surface area contributed by atoms with Crippen LogP contribution in [-0.4, -0.2) is 12.1 Å². The molecule has 7 rings (SSSR count). The van der Waals surface area contributed by atoms with E-state index < -0.39 is 0 Å². The minimum Gasteiger partial charge on any atom is -0.144 e. The van der Waals surface area contributed by atoms with Crippen LogP contribution in [0.2, 0.25) is 0 Å². The molecule has 0 atom stereocenters. The summed E-state index contributed by atoms with van der Waals surface area (Å²) in [5, 5.41) is 5.31. The van der Waals surface area contributed by atoms with Crippen molar-refractivity contribution < 1.29 is 21.6 Å². The minimum absolute atomic E-state index is 0. The smallest absolute Gasteiger partial charge is 0.0259 e. The Morgan fingerprint density at radius 1 is 0.465 bits per heavy atom. The van der Waals surface area contributed by atoms with Gasteiger partial charge >= 0.3 is 33.7 Å². The second kappa shape index (κ2) is 18.9. The first-order valence-electron chi connectivity index (χ1n) is 13.0. The van der Waals surface area contributed by atoms with Crippen molar-refractivity contribution in [1.82, 2.24) is 0 Å². The van der Waals surface area contributed by atoms with Crippen molar-refractivity contribution in [3.05, 3.63) is 172 Å². The quantitative estimate of drug-likeness (QED) is 0.125. The van der Waals surface area contributed by atoms with Crippen LogP contribution in [-0.2, 0) is 21.6 Å². The normalized spacial score (nSPS) is 9.40. The van der Waals surface area contributed by atoms with E-state index in [4.69, 9.17) is 0 Å². The molecule has 0 spiro atoms. The first-order valence-corrected chi connectivity index (χ1v) is 20.5. The van der Waals surface area contributed by atoms with Crippen LogP contribution in [0.25, 0.3) is 54.9 Å². The molecule has 0 aliphatic heterocycles. The van der Waals surface area contributed by atoms with Gasteiger partial charge in [-0.15, -0.1) is 93.9 Å². The summed E-state index contributed by atoms with van der Waals surface area (Å²) in [6, 6.07) is 53.8. The summed E-state index contributed by atoms with van der Waals surface area (Å²) in [4.78, 5) is 0. The van der Waals surface area contributed by atoms with Gasteiger partial charge in [0.15, 0.2) is 0 Å². The average molecular weight is 739 g/mol. The molecule has 43 heavy (non-hydrogen) atoms. The molecule has 0 unspecified atom stereocenters. The van der Waals surface area contributed by atoms with Gasteiger partial charge in [-0.2, -0.15) is 6.07 Å². The Labute approximate surface area is 290 Å². The standard InChI is InChI=1S/C21H15.C16H13.2CH3.2ClH.Ge.Zr/c1-3-8-16(9-4-1)19-14-18-12-7-13-20(21(18)15-19)17-10-5-2-6-11-17;1-12-10-14-8-5-9-15(16(14)11-12)13-6-3-2-4-7-13;;;;;;/h1-15H;2-11H,1H3;2*1H3;2*1H;;/q4*-1;;;;. The fraction of sp³-hybridized carbons (Fsp3) is 0.0256. The molecule has 0 saturated heterocycles. The molecule has 0 heterocycles. The van der Waals surface area contributed by atoms with Crippen LogP contribution >= 0.6 is 24.8 Å². The predicted molar refractivity (Wildman–Crippen MR) is 193 cm³/mol. The van der Waals surface area contributed by atoms with Crippen LogP contribution in [0.1, 0.15) is 5.56 Å². The fourth-order valence-electron chi connectivity index (χ4n) is 5.16. The molecule has 4 heteroatoms. The van der Waals surface area contributed by atoms with Gasteiger partial charge < -0.3 is 14.9 Å². The van der Waals surface area contributed by atoms with E-state index in [1.807, 2.05) is 0 Å². The zero-order valence-electron chi connectivity index (χ0n) is 24.8. The summed E-state index contributed by atoms with van der Waals surface area (Å²) in [6.45, 7) is 2.15. The van der Waals surface area contributed by atoms with E-state index in [2.05, 4.69) is 171 Å². The van der Waals surface area contributed by atoms with E-state index in [1.165, 1.54) is 60.5 Å². The van der Waals surface area contributed by atoms with Crippen molar-refractivity contribution in [3.8, 4) is 33.4 Å². The number of fused-ring (bicyclic) bond motifs is 2. The molecular formula is C39H36Cl2GeZr-4. The van der Waals surface area contributed by atoms with Crippen molar-refractivity contribution in [3.63, 3.8) is 0 Å². The number of halogens is 2. The zero-order valence-corrected chi connectivity index (χ0v) is 30.9. The minimum atomic E-state index is 0. The maximum absolute atomic E-state index is 2.30. The summed E-state index contributed by atoms with van der Waals surface area (Å²) >= 11 is 3.64. The number of rotatable bonds is 3. The second-order valence-electron chi connectivity index (χ2n) is 9.49. The third kappa shape index (κ3) is 9.16. The van der Waals surface area contributed by atoms with Crippen LogP contribution in [0.5, 0.6) is 0 Å². The Hall–Kier alpha value is -2.67. The molecule has 0 fully saturated rings. The molecule has 0 aromatic heterocycles. The number of aryl methyl sites for hydroxylation is 1. The zero-order chi connectivity index (χ0) is 27.0. The molecule has 0 N–H and O–H groups in total. The van der Waals surface area contributed by atoms with Gasteiger partial charge in [-0.1, -0.05) is 133 Å². The van der Waals surface area contributed by atoms with E-state index in [1.54, 1.807) is 21.6 Å². The van der Waals surface area contributed by atoms with Gasteiger partial charge in [-0.25, -0.2) is 0 Å². The van der Waals surface area contributed by atoms with Gasteiger partial charge in [0.05, 0.1) is 0 Å². The predicted octanol–water partition coefficient (Wildman–Crippen LogP) is 11.8. The van der Waals surface area contributed by atoms with Gasteiger partial charge in [-0.3, -0.25) is 0 Å². The summed E-state index contributed by atoms with van der Waals surface area (Å²) in [6.07, 6.45) is 0. The summed E-state index contributed by atoms with van der Waals surface area (Å²) in [5.74, 6) is 0. The van der Waals surface area contributed by atoms with Crippen molar-refractivity contribution in [2.45, 2.75) is 6.92 Å². The van der Waals surface area contributed by atoms with Crippen LogP contribution in [0, 0.1) is 21.8 Å². The topological polar surface area (TPSA) is 0 Å². The second-order valence-corrected chi connectivity index (χ2v) is 9.49. The molecule has 0 saturated carbocycles. The molecule has 0 aliphatic rings. The largest absolute Gasteiger partial charge is 0.144 e. The maximum Gasteiger partial charge on any atom is -0.0259 e. The Kier molecular flexibility index (Phi) is 16.8. The van der Waals surface area contributed by atoms with Crippen LogP contribution in [0.3, 0.4) is 0 Å². The molecule has 7 aromatic rings. The van der Waals surface area contributed by atoms with Gasteiger partial charge in [-0.05, 0) is 11.1 Å². The summed E-state index contributed by atoms with van der Waals surface area (Å²) in [7, 11) is 0. The third-order valence-electron chi connectivity index (χ3n) is 6.92. The van der Waals surface area contributed by atoms with Gasteiger partial charge in [0, 0.05) is 0 Å². The van der Waals surface area contributed by atoms with E-state index >= 15 is 0 Å². The first kappa shape index (κ1) is 38.4. The molecule has 7 aromatic carbocycles. The van der Waals surface area contributed by atoms with Gasteiger partial charge in [0.1, 0.15) is 0 Å². The van der Waals surface area contributed by atoms with Crippen LogP contribution in [0.15, 0.2) is 152 Å². The van der Waals surface area contributed by atoms with Crippen molar-refractivity contribution in [2.75, 3.05) is 0 Å². The van der Waals surface area contributed by atoms with Crippen molar-refractivity contribution >= 4 is 58.5 Å². The number of hydrogen-bond donors (Lipinski definition) is 0. The van der Waals surface area contributed by atoms with Crippen LogP contribution in [0.4, 0.5) is 0 Å². The van der Waals surface area contributed by atoms with E-state index in [-0.39, 0.29) is 39.7 Å². The van der Waals surface area contributed by atoms with E-state index in [9.17, 15) is 0 Å². The Morgan fingerprint density at radius 2 is 0.860 bits per heavy atom. The van der Waals surface area contributed by atoms with E-state index in [0.29, 0.717) is 0 Å². The Bertz CT molecular complexity index is 1790. The first-order chi connectivity index (χ1) is 19.3. The average Bonchev–Trinajstić information content (AvgIpc) is 3.63. The Balaban J connectivity index is 0.000000383.